The van der Waals surface area contributed by atoms with Crippen molar-refractivity contribution >= 4 is 11.8 Å². The van der Waals surface area contributed by atoms with Crippen molar-refractivity contribution in [2.75, 3.05) is 12.4 Å². The van der Waals surface area contributed by atoms with Crippen molar-refractivity contribution in [3.8, 4) is 0 Å². The van der Waals surface area contributed by atoms with Crippen LogP contribution in [0.15, 0.2) is 0 Å². The van der Waals surface area contributed by atoms with Crippen LogP contribution in [0.2, 0.25) is 0 Å². The molecule has 2 rings (SSSR count). The summed E-state index contributed by atoms with van der Waals surface area (Å²) in [6.45, 7) is 7.47. The third-order valence-electron chi connectivity index (χ3n) is 3.25. The maximum atomic E-state index is 5.93. The third kappa shape index (κ3) is 3.11. The smallest absolute Gasteiger partial charge is 0.118 e. The van der Waals surface area contributed by atoms with Crippen LogP contribution in [0, 0.1) is 0 Å². The summed E-state index contributed by atoms with van der Waals surface area (Å²) in [6, 6.07) is 0. The van der Waals surface area contributed by atoms with Gasteiger partial charge in [0, 0.05) is 17.2 Å². The topological polar surface area (TPSA) is 21.3 Å². The van der Waals surface area contributed by atoms with Gasteiger partial charge in [-0.15, -0.1) is 0 Å². The molecule has 2 saturated heterocycles. The number of hydrogen-bond donors (Lipinski definition) is 1. The summed E-state index contributed by atoms with van der Waals surface area (Å²) in [4.78, 5) is 0. The summed E-state index contributed by atoms with van der Waals surface area (Å²) >= 11 is 2.13. The van der Waals surface area contributed by atoms with E-state index < -0.39 is 0 Å². The van der Waals surface area contributed by atoms with Crippen molar-refractivity contribution in [3.63, 3.8) is 0 Å². The van der Waals surface area contributed by atoms with Gasteiger partial charge in [-0.1, -0.05) is 6.42 Å². The van der Waals surface area contributed by atoms with Crippen LogP contribution in [-0.2, 0) is 4.74 Å². The largest absolute Gasteiger partial charge is 0.359 e. The van der Waals surface area contributed by atoms with Crippen molar-refractivity contribution in [2.45, 2.75) is 63.0 Å². The van der Waals surface area contributed by atoms with Gasteiger partial charge in [0.05, 0.1) is 6.61 Å². The molecule has 0 aromatic rings. The van der Waals surface area contributed by atoms with E-state index in [9.17, 15) is 0 Å². The van der Waals surface area contributed by atoms with Gasteiger partial charge in [0.2, 0.25) is 0 Å². The second-order valence-corrected chi connectivity index (χ2v) is 7.13. The first-order chi connectivity index (χ1) is 6.99. The van der Waals surface area contributed by atoms with Crippen LogP contribution in [0.3, 0.4) is 0 Å². The van der Waals surface area contributed by atoms with Crippen LogP contribution >= 0.6 is 11.8 Å². The molecule has 88 valence electrons. The van der Waals surface area contributed by atoms with E-state index in [0.29, 0.717) is 0 Å². The molecule has 2 atom stereocenters. The first kappa shape index (κ1) is 11.7. The van der Waals surface area contributed by atoms with Crippen molar-refractivity contribution in [2.24, 2.45) is 0 Å². The number of nitrogens with one attached hydrogen (secondary N) is 1. The number of rotatable bonds is 2. The average molecular weight is 229 g/mol. The van der Waals surface area contributed by atoms with E-state index in [2.05, 4.69) is 37.8 Å². The molecule has 0 bridgehead atoms. The highest BCUT2D eigenvalue weighted by molar-refractivity contribution is 7.99. The Balaban J connectivity index is 1.88. The standard InChI is InChI=1S/C12H23NOS/c1-11(2)9-14-12(3,13-11)8-10-6-4-5-7-15-10/h10,13H,4-9H2,1-3H3. The normalized spacial score (nSPS) is 40.6. The van der Waals surface area contributed by atoms with Gasteiger partial charge in [0.25, 0.3) is 0 Å². The molecule has 0 amide bonds. The lowest BCUT2D eigenvalue weighted by Gasteiger charge is -2.32. The Bertz CT molecular complexity index is 226. The predicted octanol–water partition coefficient (Wildman–Crippen LogP) is 2.78. The van der Waals surface area contributed by atoms with Crippen molar-refractivity contribution in [3.05, 3.63) is 0 Å². The fourth-order valence-electron chi connectivity index (χ4n) is 2.64. The molecule has 2 nitrogen and oxygen atoms in total. The molecule has 2 unspecified atom stereocenters. The lowest BCUT2D eigenvalue weighted by atomic mass is 10.0. The maximum Gasteiger partial charge on any atom is 0.118 e. The zero-order valence-electron chi connectivity index (χ0n) is 10.1. The summed E-state index contributed by atoms with van der Waals surface area (Å²) in [5.41, 5.74) is 0.0621. The summed E-state index contributed by atoms with van der Waals surface area (Å²) in [5.74, 6) is 1.34. The number of hydrogen-bond acceptors (Lipinski definition) is 3. The first-order valence-electron chi connectivity index (χ1n) is 6.04. The molecule has 2 heterocycles. The van der Waals surface area contributed by atoms with Crippen molar-refractivity contribution < 1.29 is 4.74 Å². The minimum Gasteiger partial charge on any atom is -0.359 e. The lowest BCUT2D eigenvalue weighted by Crippen LogP contribution is -2.48. The van der Waals surface area contributed by atoms with Crippen molar-refractivity contribution in [1.29, 1.82) is 0 Å². The molecule has 0 aromatic heterocycles. The molecule has 0 radical (unpaired) electrons. The van der Waals surface area contributed by atoms with Crippen LogP contribution < -0.4 is 5.32 Å². The first-order valence-corrected chi connectivity index (χ1v) is 7.09. The SMILES string of the molecule is CC1(C)COC(C)(CC2CCCCS2)N1. The second kappa shape index (κ2) is 4.27. The van der Waals surface area contributed by atoms with Gasteiger partial charge in [-0.3, -0.25) is 5.32 Å². The zero-order valence-corrected chi connectivity index (χ0v) is 11.0. The fourth-order valence-corrected chi connectivity index (χ4v) is 4.11. The number of ether oxygens (including phenoxy) is 1. The summed E-state index contributed by atoms with van der Waals surface area (Å²) in [7, 11) is 0. The van der Waals surface area contributed by atoms with Crippen LogP contribution in [-0.4, -0.2) is 28.9 Å². The molecule has 2 aliphatic rings. The van der Waals surface area contributed by atoms with E-state index in [4.69, 9.17) is 4.74 Å². The van der Waals surface area contributed by atoms with Gasteiger partial charge in [-0.25, -0.2) is 0 Å². The molecular weight excluding hydrogens is 206 g/mol. The molecule has 0 saturated carbocycles. The molecule has 0 aliphatic carbocycles. The van der Waals surface area contributed by atoms with Crippen LogP contribution in [0.4, 0.5) is 0 Å². The van der Waals surface area contributed by atoms with Crippen molar-refractivity contribution in [1.82, 2.24) is 5.32 Å². The minimum absolute atomic E-state index is 0.0848. The molecule has 2 aliphatic heterocycles. The second-order valence-electron chi connectivity index (χ2n) is 5.72. The Labute approximate surface area is 97.5 Å². The monoisotopic (exact) mass is 229 g/mol. The fraction of sp³-hybridized carbons (Fsp3) is 1.00. The minimum atomic E-state index is -0.0848. The molecule has 15 heavy (non-hydrogen) atoms. The van der Waals surface area contributed by atoms with Gasteiger partial charge in [-0.2, -0.15) is 11.8 Å². The average Bonchev–Trinajstić information content (AvgIpc) is 2.42. The molecule has 0 aromatic carbocycles. The Morgan fingerprint density at radius 2 is 2.13 bits per heavy atom. The van der Waals surface area contributed by atoms with E-state index in [-0.39, 0.29) is 11.3 Å². The summed E-state index contributed by atoms with van der Waals surface area (Å²) in [6.07, 6.45) is 5.32. The van der Waals surface area contributed by atoms with E-state index in [1.54, 1.807) is 0 Å². The highest BCUT2D eigenvalue weighted by Gasteiger charge is 2.41. The summed E-state index contributed by atoms with van der Waals surface area (Å²) in [5, 5.41) is 4.41. The Hall–Kier alpha value is 0.270. The van der Waals surface area contributed by atoms with Gasteiger partial charge < -0.3 is 4.74 Å². The number of thioether (sulfide) groups is 1. The highest BCUT2D eigenvalue weighted by Crippen LogP contribution is 2.35. The van der Waals surface area contributed by atoms with Gasteiger partial charge >= 0.3 is 0 Å². The predicted molar refractivity (Wildman–Crippen MR) is 66.3 cm³/mol. The van der Waals surface area contributed by atoms with E-state index in [1.165, 1.54) is 25.0 Å². The molecular formula is C12H23NOS. The zero-order chi connectivity index (χ0) is 10.9. The highest BCUT2D eigenvalue weighted by atomic mass is 32.2. The van der Waals surface area contributed by atoms with Gasteiger partial charge in [-0.05, 0) is 39.4 Å². The lowest BCUT2D eigenvalue weighted by molar-refractivity contribution is -0.00154. The molecule has 1 N–H and O–H groups in total. The summed E-state index contributed by atoms with van der Waals surface area (Å²) < 4.78 is 5.93. The third-order valence-corrected chi connectivity index (χ3v) is 4.64. The van der Waals surface area contributed by atoms with Gasteiger partial charge in [0.1, 0.15) is 5.72 Å². The quantitative estimate of drug-likeness (QED) is 0.787. The van der Waals surface area contributed by atoms with E-state index >= 15 is 0 Å². The molecule has 0 spiro atoms. The molecule has 3 heteroatoms. The Morgan fingerprint density at radius 3 is 2.67 bits per heavy atom. The Morgan fingerprint density at radius 1 is 1.33 bits per heavy atom. The molecule has 2 fully saturated rings. The van der Waals surface area contributed by atoms with E-state index in [0.717, 1.165) is 18.3 Å². The van der Waals surface area contributed by atoms with Crippen LogP contribution in [0.5, 0.6) is 0 Å². The van der Waals surface area contributed by atoms with Gasteiger partial charge in [0.15, 0.2) is 0 Å². The maximum absolute atomic E-state index is 5.93. The Kier molecular flexibility index (Phi) is 3.34. The van der Waals surface area contributed by atoms with E-state index in [1.807, 2.05) is 0 Å². The van der Waals surface area contributed by atoms with Crippen LogP contribution in [0.1, 0.15) is 46.5 Å². The van der Waals surface area contributed by atoms with Crippen LogP contribution in [0.25, 0.3) is 0 Å².